The number of carbonyl (C=O) groups excluding carboxylic acids is 1. The molecule has 0 aliphatic heterocycles. The molecule has 1 fully saturated rings. The lowest BCUT2D eigenvalue weighted by Gasteiger charge is -2.40. The average Bonchev–Trinajstić information content (AvgIpc) is 3.02. The van der Waals surface area contributed by atoms with E-state index in [2.05, 4.69) is 15.3 Å². The van der Waals surface area contributed by atoms with Gasteiger partial charge in [0.1, 0.15) is 17.8 Å². The predicted molar refractivity (Wildman–Crippen MR) is 105 cm³/mol. The Bertz CT molecular complexity index is 884. The quantitative estimate of drug-likeness (QED) is 0.600. The van der Waals surface area contributed by atoms with Crippen molar-refractivity contribution in [2.45, 2.75) is 57.3 Å². The molecule has 0 bridgehead atoms. The zero-order chi connectivity index (χ0) is 21.9. The van der Waals surface area contributed by atoms with Crippen LogP contribution in [0, 0.1) is 0 Å². The molecular weight excluding hydrogens is 423 g/mol. The molecule has 1 atom stereocenters. The number of alkyl halides is 3. The topological polar surface area (TPSA) is 82.6 Å². The maximum absolute atomic E-state index is 14.7. The highest BCUT2D eigenvalue weighted by molar-refractivity contribution is 7.19. The molecule has 11 heteroatoms. The molecule has 1 aliphatic rings. The molecule has 1 saturated carbocycles. The molecule has 2 heterocycles. The summed E-state index contributed by atoms with van der Waals surface area (Å²) in [6.45, 7) is 3.39. The summed E-state index contributed by atoms with van der Waals surface area (Å²) in [4.78, 5) is 19.7. The van der Waals surface area contributed by atoms with Crippen LogP contribution in [-0.4, -0.2) is 59.4 Å². The summed E-state index contributed by atoms with van der Waals surface area (Å²) in [5.41, 5.74) is -1.02. The molecule has 166 valence electrons. The highest BCUT2D eigenvalue weighted by Gasteiger charge is 2.46. The number of nitrogens with zero attached hydrogens (tertiary/aromatic N) is 2. The number of rotatable bonds is 10. The third-order valence-electron chi connectivity index (χ3n) is 4.36. The smallest absolute Gasteiger partial charge is 0.278 e. The van der Waals surface area contributed by atoms with Crippen LogP contribution >= 0.6 is 11.3 Å². The Balaban J connectivity index is 1.46. The van der Waals surface area contributed by atoms with E-state index in [9.17, 15) is 18.0 Å². The molecule has 3 rings (SSSR count). The van der Waals surface area contributed by atoms with E-state index in [-0.39, 0.29) is 48.6 Å². The van der Waals surface area contributed by atoms with E-state index in [1.807, 2.05) is 6.92 Å². The number of amides is 1. The van der Waals surface area contributed by atoms with Gasteiger partial charge in [-0.25, -0.2) is 23.1 Å². The number of fused-ring (bicyclic) bond motifs is 1. The molecule has 1 aliphatic carbocycles. The molecule has 1 amide bonds. The number of thiazole rings is 1. The molecular formula is C19H24F3N3O4S. The van der Waals surface area contributed by atoms with E-state index in [4.69, 9.17) is 14.2 Å². The van der Waals surface area contributed by atoms with Crippen molar-refractivity contribution in [3.63, 3.8) is 0 Å². The summed E-state index contributed by atoms with van der Waals surface area (Å²) >= 11 is 1.02. The van der Waals surface area contributed by atoms with E-state index >= 15 is 0 Å². The minimum absolute atomic E-state index is 0.0885. The van der Waals surface area contributed by atoms with Crippen LogP contribution in [0.3, 0.4) is 0 Å². The summed E-state index contributed by atoms with van der Waals surface area (Å²) in [5, 5.41) is 2.79. The minimum atomic E-state index is -2.96. The predicted octanol–water partition coefficient (Wildman–Crippen LogP) is 3.52. The van der Waals surface area contributed by atoms with Crippen LogP contribution in [0.2, 0.25) is 0 Å². The molecule has 2 aromatic heterocycles. The number of pyridine rings is 1. The second kappa shape index (κ2) is 8.93. The van der Waals surface area contributed by atoms with Gasteiger partial charge in [0, 0.05) is 38.8 Å². The van der Waals surface area contributed by atoms with Crippen LogP contribution in [0.15, 0.2) is 12.1 Å². The van der Waals surface area contributed by atoms with E-state index in [0.717, 1.165) is 18.3 Å². The molecule has 30 heavy (non-hydrogen) atoms. The van der Waals surface area contributed by atoms with Crippen molar-refractivity contribution in [2.24, 2.45) is 0 Å². The lowest BCUT2D eigenvalue weighted by atomic mass is 9.79. The van der Waals surface area contributed by atoms with Crippen LogP contribution < -0.4 is 14.8 Å². The maximum atomic E-state index is 14.7. The van der Waals surface area contributed by atoms with Crippen LogP contribution in [-0.2, 0) is 9.53 Å². The number of hydrogen-bond acceptors (Lipinski definition) is 7. The van der Waals surface area contributed by atoms with Gasteiger partial charge in [0.05, 0.1) is 12.7 Å². The Morgan fingerprint density at radius 1 is 1.37 bits per heavy atom. The molecule has 7 nitrogen and oxygen atoms in total. The molecule has 2 aromatic rings. The third kappa shape index (κ3) is 6.43. The van der Waals surface area contributed by atoms with Crippen molar-refractivity contribution in [3.8, 4) is 11.1 Å². The number of halogens is 3. The van der Waals surface area contributed by atoms with Gasteiger partial charge >= 0.3 is 0 Å². The fourth-order valence-corrected chi connectivity index (χ4v) is 3.76. The SMILES string of the molecule is CC(=O)N[C@@H](C)COC1CC(F)(COc2ccc3nc(OCC(C)(F)F)sc3n2)C1. The Kier molecular flexibility index (Phi) is 6.71. The van der Waals surface area contributed by atoms with Gasteiger partial charge in [-0.2, -0.15) is 0 Å². The van der Waals surface area contributed by atoms with Crippen LogP contribution in [0.1, 0.15) is 33.6 Å². The van der Waals surface area contributed by atoms with Crippen LogP contribution in [0.5, 0.6) is 11.1 Å². The van der Waals surface area contributed by atoms with E-state index in [0.29, 0.717) is 17.0 Å². The zero-order valence-corrected chi connectivity index (χ0v) is 17.7. The van der Waals surface area contributed by atoms with Gasteiger partial charge in [-0.05, 0) is 13.0 Å². The van der Waals surface area contributed by atoms with Crippen molar-refractivity contribution in [2.75, 3.05) is 19.8 Å². The lowest BCUT2D eigenvalue weighted by Crippen LogP contribution is -2.50. The number of nitrogens with one attached hydrogen (secondary N) is 1. The fraction of sp³-hybridized carbons (Fsp3) is 0.632. The fourth-order valence-electron chi connectivity index (χ4n) is 2.98. The molecule has 0 saturated heterocycles. The highest BCUT2D eigenvalue weighted by Crippen LogP contribution is 2.39. The third-order valence-corrected chi connectivity index (χ3v) is 5.23. The summed E-state index contributed by atoms with van der Waals surface area (Å²) in [6.07, 6.45) is 0.181. The number of hydrogen-bond donors (Lipinski definition) is 1. The van der Waals surface area contributed by atoms with Crippen LogP contribution in [0.4, 0.5) is 13.2 Å². The average molecular weight is 447 g/mol. The largest absolute Gasteiger partial charge is 0.474 e. The molecule has 0 aromatic carbocycles. The van der Waals surface area contributed by atoms with E-state index in [1.54, 1.807) is 12.1 Å². The van der Waals surface area contributed by atoms with Crippen molar-refractivity contribution in [3.05, 3.63) is 12.1 Å². The maximum Gasteiger partial charge on any atom is 0.278 e. The minimum Gasteiger partial charge on any atom is -0.474 e. The normalized spacial score (nSPS) is 22.4. The van der Waals surface area contributed by atoms with Crippen LogP contribution in [0.25, 0.3) is 10.3 Å². The summed E-state index contributed by atoms with van der Waals surface area (Å²) in [6, 6.07) is 3.03. The van der Waals surface area contributed by atoms with E-state index < -0.39 is 18.2 Å². The molecule has 0 unspecified atom stereocenters. The first kappa shape index (κ1) is 22.5. The van der Waals surface area contributed by atoms with Gasteiger partial charge < -0.3 is 19.5 Å². The monoisotopic (exact) mass is 447 g/mol. The Hall–Kier alpha value is -2.14. The number of carbonyl (C=O) groups is 1. The van der Waals surface area contributed by atoms with Crippen molar-refractivity contribution < 1.29 is 32.2 Å². The zero-order valence-electron chi connectivity index (χ0n) is 16.9. The Morgan fingerprint density at radius 3 is 2.77 bits per heavy atom. The Morgan fingerprint density at radius 2 is 2.10 bits per heavy atom. The van der Waals surface area contributed by atoms with Crippen molar-refractivity contribution >= 4 is 27.6 Å². The van der Waals surface area contributed by atoms with Gasteiger partial charge in [0.2, 0.25) is 11.8 Å². The Labute approximate surface area is 175 Å². The van der Waals surface area contributed by atoms with Gasteiger partial charge in [-0.3, -0.25) is 4.79 Å². The van der Waals surface area contributed by atoms with Gasteiger partial charge in [0.15, 0.2) is 11.4 Å². The van der Waals surface area contributed by atoms with Gasteiger partial charge in [0.25, 0.3) is 11.1 Å². The molecule has 1 N–H and O–H groups in total. The van der Waals surface area contributed by atoms with Crippen molar-refractivity contribution in [1.29, 1.82) is 0 Å². The summed E-state index contributed by atoms with van der Waals surface area (Å²) in [7, 11) is 0. The van der Waals surface area contributed by atoms with Gasteiger partial charge in [-0.15, -0.1) is 0 Å². The standard InChI is InChI=1S/C19H24F3N3O4S/c1-11(23-12(2)26)8-27-13-6-19(22,7-13)10-28-15-5-4-14-16(25-15)30-17(24-14)29-9-18(3,20)21/h4-5,11,13H,6-10H2,1-3H3,(H,23,26)/t11-,13?,19?/m0/s1. The van der Waals surface area contributed by atoms with Crippen molar-refractivity contribution in [1.82, 2.24) is 15.3 Å². The second-order valence-corrected chi connectivity index (χ2v) is 8.66. The first-order chi connectivity index (χ1) is 14.0. The highest BCUT2D eigenvalue weighted by atomic mass is 32.1. The van der Waals surface area contributed by atoms with Gasteiger partial charge in [-0.1, -0.05) is 11.3 Å². The number of aromatic nitrogens is 2. The van der Waals surface area contributed by atoms with E-state index in [1.165, 1.54) is 6.92 Å². The summed E-state index contributed by atoms with van der Waals surface area (Å²) < 4.78 is 56.6. The molecule has 0 radical (unpaired) electrons. The lowest BCUT2D eigenvalue weighted by molar-refractivity contribution is -0.125. The first-order valence-corrected chi connectivity index (χ1v) is 10.3. The first-order valence-electron chi connectivity index (χ1n) is 9.50. The second-order valence-electron chi connectivity index (χ2n) is 7.72. The summed E-state index contributed by atoms with van der Waals surface area (Å²) in [5.74, 6) is -2.87. The number of ether oxygens (including phenoxy) is 3. The molecule has 0 spiro atoms.